The average Bonchev–Trinajstić information content (AvgIpc) is 1.58. The van der Waals surface area contributed by atoms with E-state index in [1.54, 1.807) is 6.92 Å². The second-order valence-corrected chi connectivity index (χ2v) is 4.66. The molecule has 0 amide bonds. The minimum Gasteiger partial charge on any atom is -0.454 e. The molecule has 0 spiro atoms. The van der Waals surface area contributed by atoms with Crippen molar-refractivity contribution in [2.24, 2.45) is 0 Å². The smallest absolute Gasteiger partial charge is 0.310 e. The number of alkyl halides is 3. The quantitative estimate of drug-likeness (QED) is 0.445. The highest BCUT2D eigenvalue weighted by Crippen LogP contribution is 2.47. The normalized spacial score (nSPS) is 33.0. The van der Waals surface area contributed by atoms with Crippen LogP contribution in [0.1, 0.15) is 13.3 Å². The molecule has 1 heterocycles. The topological polar surface area (TPSA) is 26.3 Å². The molecule has 1 aliphatic heterocycles. The van der Waals surface area contributed by atoms with Crippen LogP contribution in [0.4, 0.5) is 0 Å². The molecule has 1 fully saturated rings. The molecule has 0 saturated carbocycles. The third kappa shape index (κ3) is 1.20. The van der Waals surface area contributed by atoms with Crippen LogP contribution in [-0.4, -0.2) is 15.4 Å². The summed E-state index contributed by atoms with van der Waals surface area (Å²) < 4.78 is 3.14. The lowest BCUT2D eigenvalue weighted by atomic mass is 9.99. The van der Waals surface area contributed by atoms with Crippen LogP contribution in [0, 0.1) is 0 Å². The minimum absolute atomic E-state index is 0.170. The second kappa shape index (κ2) is 2.16. The average molecular weight is 203 g/mol. The van der Waals surface area contributed by atoms with Crippen LogP contribution in [0.15, 0.2) is 0 Å². The van der Waals surface area contributed by atoms with Gasteiger partial charge in [-0.05, 0) is 6.92 Å². The van der Waals surface area contributed by atoms with Gasteiger partial charge in [0.15, 0.2) is 5.60 Å². The van der Waals surface area contributed by atoms with Crippen molar-refractivity contribution in [3.63, 3.8) is 0 Å². The molecule has 0 aromatic carbocycles. The summed E-state index contributed by atoms with van der Waals surface area (Å²) in [5.41, 5.74) is -0.922. The van der Waals surface area contributed by atoms with Gasteiger partial charge in [0.25, 0.3) is 0 Å². The monoisotopic (exact) mass is 202 g/mol. The van der Waals surface area contributed by atoms with Gasteiger partial charge in [-0.15, -0.1) is 0 Å². The van der Waals surface area contributed by atoms with Crippen molar-refractivity contribution in [3.05, 3.63) is 0 Å². The summed E-state index contributed by atoms with van der Waals surface area (Å²) in [6.45, 7) is 1.58. The first-order valence-corrected chi connectivity index (χ1v) is 3.77. The van der Waals surface area contributed by atoms with Crippen LogP contribution in [-0.2, 0) is 9.53 Å². The molecule has 5 heteroatoms. The molecule has 0 aliphatic carbocycles. The minimum atomic E-state index is -1.51. The molecule has 1 aliphatic rings. The molecule has 0 radical (unpaired) electrons. The first-order valence-electron chi connectivity index (χ1n) is 2.64. The van der Waals surface area contributed by atoms with Gasteiger partial charge in [-0.3, -0.25) is 4.79 Å². The van der Waals surface area contributed by atoms with E-state index in [0.29, 0.717) is 0 Å². The summed E-state index contributed by atoms with van der Waals surface area (Å²) in [5, 5.41) is 0. The van der Waals surface area contributed by atoms with E-state index < -0.39 is 9.39 Å². The highest BCUT2D eigenvalue weighted by Gasteiger charge is 2.56. The number of halogens is 3. The van der Waals surface area contributed by atoms with Crippen molar-refractivity contribution in [2.75, 3.05) is 0 Å². The predicted octanol–water partition coefficient (Wildman–Crippen LogP) is 2.06. The van der Waals surface area contributed by atoms with Crippen molar-refractivity contribution in [1.29, 1.82) is 0 Å². The van der Waals surface area contributed by atoms with Gasteiger partial charge in [0, 0.05) is 0 Å². The fraction of sp³-hybridized carbons (Fsp3) is 0.800. The number of carbonyl (C=O) groups excluding carboxylic acids is 1. The van der Waals surface area contributed by atoms with Gasteiger partial charge in [0.1, 0.15) is 0 Å². The Morgan fingerprint density at radius 1 is 1.60 bits per heavy atom. The van der Waals surface area contributed by atoms with E-state index in [2.05, 4.69) is 4.74 Å². The number of carbonyl (C=O) groups is 1. The molecule has 58 valence electrons. The Morgan fingerprint density at radius 2 is 2.00 bits per heavy atom. The SMILES string of the molecule is CC1(C(Cl)(Cl)Cl)CC(=O)O1. The lowest BCUT2D eigenvalue weighted by Crippen LogP contribution is -2.54. The van der Waals surface area contributed by atoms with E-state index in [1.807, 2.05) is 0 Å². The summed E-state index contributed by atoms with van der Waals surface area (Å²) in [7, 11) is 0. The van der Waals surface area contributed by atoms with Crippen LogP contribution in [0.5, 0.6) is 0 Å². The van der Waals surface area contributed by atoms with Crippen molar-refractivity contribution < 1.29 is 9.53 Å². The number of rotatable bonds is 0. The Kier molecular flexibility index (Phi) is 1.82. The highest BCUT2D eigenvalue weighted by molar-refractivity contribution is 6.68. The zero-order valence-corrected chi connectivity index (χ0v) is 7.43. The Bertz CT molecular complexity index is 164. The Balaban J connectivity index is 2.65. The van der Waals surface area contributed by atoms with E-state index in [1.165, 1.54) is 0 Å². The first-order chi connectivity index (χ1) is 4.35. The van der Waals surface area contributed by atoms with Gasteiger partial charge in [0.2, 0.25) is 3.79 Å². The fourth-order valence-electron chi connectivity index (χ4n) is 0.676. The summed E-state index contributed by atoms with van der Waals surface area (Å²) in [6.07, 6.45) is 0.170. The van der Waals surface area contributed by atoms with Gasteiger partial charge in [-0.1, -0.05) is 34.8 Å². The second-order valence-electron chi connectivity index (χ2n) is 2.38. The molecular weight excluding hydrogens is 198 g/mol. The van der Waals surface area contributed by atoms with E-state index in [0.717, 1.165) is 0 Å². The van der Waals surface area contributed by atoms with E-state index in [9.17, 15) is 4.79 Å². The summed E-state index contributed by atoms with van der Waals surface area (Å²) >= 11 is 16.5. The molecule has 2 nitrogen and oxygen atoms in total. The van der Waals surface area contributed by atoms with Crippen molar-refractivity contribution in [3.8, 4) is 0 Å². The predicted molar refractivity (Wildman–Crippen MR) is 39.4 cm³/mol. The van der Waals surface area contributed by atoms with Crippen molar-refractivity contribution >= 4 is 40.8 Å². The highest BCUT2D eigenvalue weighted by atomic mass is 35.6. The lowest BCUT2D eigenvalue weighted by molar-refractivity contribution is -0.186. The van der Waals surface area contributed by atoms with Gasteiger partial charge >= 0.3 is 5.97 Å². The van der Waals surface area contributed by atoms with Gasteiger partial charge in [-0.2, -0.15) is 0 Å². The van der Waals surface area contributed by atoms with Gasteiger partial charge in [-0.25, -0.2) is 0 Å². The van der Waals surface area contributed by atoms with E-state index >= 15 is 0 Å². The van der Waals surface area contributed by atoms with Crippen LogP contribution < -0.4 is 0 Å². The first kappa shape index (κ1) is 8.44. The summed E-state index contributed by atoms with van der Waals surface area (Å²) in [6, 6.07) is 0. The van der Waals surface area contributed by atoms with Crippen molar-refractivity contribution in [1.82, 2.24) is 0 Å². The van der Waals surface area contributed by atoms with Crippen LogP contribution >= 0.6 is 34.8 Å². The number of esters is 1. The maximum Gasteiger partial charge on any atom is 0.310 e. The maximum atomic E-state index is 10.4. The maximum absolute atomic E-state index is 10.4. The van der Waals surface area contributed by atoms with Crippen LogP contribution in [0.2, 0.25) is 0 Å². The zero-order valence-electron chi connectivity index (χ0n) is 5.16. The zero-order chi connectivity index (χ0) is 7.99. The van der Waals surface area contributed by atoms with Crippen LogP contribution in [0.3, 0.4) is 0 Å². The standard InChI is InChI=1S/C5H5Cl3O2/c1-4(5(6,7)8)2-3(9)10-4/h2H2,1H3. The Hall–Kier alpha value is 0.340. The van der Waals surface area contributed by atoms with E-state index in [4.69, 9.17) is 34.8 Å². The number of ether oxygens (including phenoxy) is 1. The summed E-state index contributed by atoms with van der Waals surface area (Å²) in [4.78, 5) is 10.4. The molecule has 1 atom stereocenters. The molecule has 1 saturated heterocycles. The number of cyclic esters (lactones) is 1. The van der Waals surface area contributed by atoms with E-state index in [-0.39, 0.29) is 12.4 Å². The third-order valence-electron chi connectivity index (χ3n) is 1.42. The van der Waals surface area contributed by atoms with Gasteiger partial charge in [0.05, 0.1) is 6.42 Å². The Labute approximate surface area is 73.4 Å². The Morgan fingerprint density at radius 3 is 2.10 bits per heavy atom. The molecule has 1 unspecified atom stereocenters. The molecular formula is C5H5Cl3O2. The molecule has 0 aromatic rings. The number of hydrogen-bond donors (Lipinski definition) is 0. The molecule has 10 heavy (non-hydrogen) atoms. The summed E-state index contributed by atoms with van der Waals surface area (Å²) in [5.74, 6) is -0.325. The van der Waals surface area contributed by atoms with Gasteiger partial charge < -0.3 is 4.74 Å². The molecule has 0 aromatic heterocycles. The largest absolute Gasteiger partial charge is 0.454 e. The van der Waals surface area contributed by atoms with Crippen LogP contribution in [0.25, 0.3) is 0 Å². The molecule has 1 rings (SSSR count). The third-order valence-corrected chi connectivity index (χ3v) is 2.62. The fourth-order valence-corrected chi connectivity index (χ4v) is 0.993. The number of hydrogen-bond acceptors (Lipinski definition) is 2. The molecule has 0 bridgehead atoms. The molecule has 0 N–H and O–H groups in total. The lowest BCUT2D eigenvalue weighted by Gasteiger charge is -2.41. The van der Waals surface area contributed by atoms with Crippen molar-refractivity contribution in [2.45, 2.75) is 22.7 Å².